The van der Waals surface area contributed by atoms with E-state index in [0.29, 0.717) is 12.6 Å². The first-order valence-corrected chi connectivity index (χ1v) is 6.80. The summed E-state index contributed by atoms with van der Waals surface area (Å²) in [6, 6.07) is 9.07. The number of carbonyl (C=O) groups excluding carboxylic acids is 1. The molecule has 0 fully saturated rings. The molecule has 1 aromatic carbocycles. The molecule has 1 unspecified atom stereocenters. The van der Waals surface area contributed by atoms with Crippen LogP contribution in [-0.2, 0) is 11.3 Å². The maximum absolute atomic E-state index is 12.5. The molecule has 124 valence electrons. The average molecular weight is 327 g/mol. The Hall–Kier alpha value is -2.35. The Labute approximate surface area is 130 Å². The third-order valence-corrected chi connectivity index (χ3v) is 3.37. The third kappa shape index (κ3) is 3.70. The lowest BCUT2D eigenvalue weighted by Gasteiger charge is -2.24. The SMILES string of the molecule is Cc1ccc(-n2ccc(CNC(=O)C(C)(O)C(F)(F)F)n2)cc1. The van der Waals surface area contributed by atoms with Crippen molar-refractivity contribution in [3.8, 4) is 5.69 Å². The predicted octanol–water partition coefficient (Wildman–Crippen LogP) is 2.11. The van der Waals surface area contributed by atoms with E-state index in [9.17, 15) is 23.1 Å². The minimum absolute atomic E-state index is 0.218. The standard InChI is InChI=1S/C15H16F3N3O2/c1-10-3-5-12(6-4-10)21-8-7-11(20-21)9-19-13(22)14(2,23)15(16,17)18/h3-8,23H,9H2,1-2H3,(H,19,22). The molecule has 2 aromatic rings. The smallest absolute Gasteiger partial charge is 0.373 e. The van der Waals surface area contributed by atoms with Crippen molar-refractivity contribution >= 4 is 5.91 Å². The molecule has 1 atom stereocenters. The van der Waals surface area contributed by atoms with Crippen LogP contribution in [0.25, 0.3) is 5.69 Å². The van der Waals surface area contributed by atoms with Gasteiger partial charge in [0, 0.05) is 6.20 Å². The zero-order chi connectivity index (χ0) is 17.3. The van der Waals surface area contributed by atoms with E-state index in [4.69, 9.17) is 0 Å². The number of rotatable bonds is 4. The number of halogens is 3. The lowest BCUT2D eigenvalue weighted by atomic mass is 10.1. The average Bonchev–Trinajstić information content (AvgIpc) is 2.93. The molecule has 0 radical (unpaired) electrons. The molecule has 2 rings (SSSR count). The molecule has 2 N–H and O–H groups in total. The largest absolute Gasteiger partial charge is 0.426 e. The van der Waals surface area contributed by atoms with Crippen LogP contribution in [0.2, 0.25) is 0 Å². The first-order chi connectivity index (χ1) is 10.6. The minimum atomic E-state index is -5.04. The van der Waals surface area contributed by atoms with Crippen LogP contribution in [0.15, 0.2) is 36.5 Å². The van der Waals surface area contributed by atoms with Gasteiger partial charge in [0.2, 0.25) is 5.60 Å². The van der Waals surface area contributed by atoms with Gasteiger partial charge in [0.25, 0.3) is 5.91 Å². The van der Waals surface area contributed by atoms with Crippen LogP contribution in [-0.4, -0.2) is 32.6 Å². The van der Waals surface area contributed by atoms with Crippen LogP contribution in [0.4, 0.5) is 13.2 Å². The van der Waals surface area contributed by atoms with Crippen LogP contribution in [0.3, 0.4) is 0 Å². The molecule has 0 bridgehead atoms. The Morgan fingerprint density at radius 2 is 1.87 bits per heavy atom. The monoisotopic (exact) mass is 327 g/mol. The van der Waals surface area contributed by atoms with E-state index in [0.717, 1.165) is 11.3 Å². The molecular formula is C15H16F3N3O2. The number of alkyl halides is 3. The molecular weight excluding hydrogens is 311 g/mol. The molecule has 1 aromatic heterocycles. The van der Waals surface area contributed by atoms with Crippen molar-refractivity contribution in [2.45, 2.75) is 32.2 Å². The fourth-order valence-electron chi connectivity index (χ4n) is 1.77. The van der Waals surface area contributed by atoms with E-state index in [1.807, 2.05) is 36.5 Å². The van der Waals surface area contributed by atoms with Crippen LogP contribution in [0.1, 0.15) is 18.2 Å². The molecule has 23 heavy (non-hydrogen) atoms. The van der Waals surface area contributed by atoms with E-state index in [-0.39, 0.29) is 6.54 Å². The highest BCUT2D eigenvalue weighted by Gasteiger charge is 2.55. The van der Waals surface area contributed by atoms with E-state index >= 15 is 0 Å². The zero-order valence-corrected chi connectivity index (χ0v) is 12.6. The molecule has 1 heterocycles. The van der Waals surface area contributed by atoms with Gasteiger partial charge < -0.3 is 10.4 Å². The summed E-state index contributed by atoms with van der Waals surface area (Å²) in [5.74, 6) is -1.52. The van der Waals surface area contributed by atoms with Gasteiger partial charge in [-0.1, -0.05) is 17.7 Å². The number of nitrogens with zero attached hydrogens (tertiary/aromatic N) is 2. The Kier molecular flexibility index (Phi) is 4.46. The summed E-state index contributed by atoms with van der Waals surface area (Å²) in [7, 11) is 0. The second-order valence-electron chi connectivity index (χ2n) is 5.34. The number of hydrogen-bond donors (Lipinski definition) is 2. The highest BCUT2D eigenvalue weighted by molar-refractivity contribution is 5.85. The predicted molar refractivity (Wildman–Crippen MR) is 76.8 cm³/mol. The van der Waals surface area contributed by atoms with Crippen molar-refractivity contribution in [1.82, 2.24) is 15.1 Å². The van der Waals surface area contributed by atoms with E-state index < -0.39 is 17.7 Å². The Bertz CT molecular complexity index is 691. The van der Waals surface area contributed by atoms with Gasteiger partial charge in [0.05, 0.1) is 17.9 Å². The van der Waals surface area contributed by atoms with Gasteiger partial charge in [0.1, 0.15) is 0 Å². The zero-order valence-electron chi connectivity index (χ0n) is 12.6. The number of amides is 1. The fraction of sp³-hybridized carbons (Fsp3) is 0.333. The van der Waals surface area contributed by atoms with Crippen molar-refractivity contribution < 1.29 is 23.1 Å². The van der Waals surface area contributed by atoms with Crippen molar-refractivity contribution in [3.63, 3.8) is 0 Å². The Morgan fingerprint density at radius 1 is 1.26 bits per heavy atom. The number of carbonyl (C=O) groups is 1. The normalized spacial score (nSPS) is 14.3. The van der Waals surface area contributed by atoms with Gasteiger partial charge in [-0.05, 0) is 32.0 Å². The number of benzene rings is 1. The second kappa shape index (κ2) is 6.04. The summed E-state index contributed by atoms with van der Waals surface area (Å²) in [6.45, 7) is 2.14. The summed E-state index contributed by atoms with van der Waals surface area (Å²) in [4.78, 5) is 11.5. The first kappa shape index (κ1) is 17.0. The maximum atomic E-state index is 12.5. The van der Waals surface area contributed by atoms with E-state index in [1.165, 1.54) is 0 Å². The molecule has 5 nitrogen and oxygen atoms in total. The molecule has 0 spiro atoms. The number of aryl methyl sites for hydroxylation is 1. The summed E-state index contributed by atoms with van der Waals surface area (Å²) < 4.78 is 39.2. The molecule has 0 aliphatic heterocycles. The van der Waals surface area contributed by atoms with E-state index in [2.05, 4.69) is 5.10 Å². The molecule has 0 saturated carbocycles. The maximum Gasteiger partial charge on any atom is 0.426 e. The van der Waals surface area contributed by atoms with Crippen LogP contribution in [0, 0.1) is 6.92 Å². The number of aliphatic hydroxyl groups is 1. The highest BCUT2D eigenvalue weighted by atomic mass is 19.4. The topological polar surface area (TPSA) is 67.2 Å². The highest BCUT2D eigenvalue weighted by Crippen LogP contribution is 2.30. The number of nitrogens with one attached hydrogen (secondary N) is 1. The van der Waals surface area contributed by atoms with Gasteiger partial charge in [-0.2, -0.15) is 18.3 Å². The Balaban J connectivity index is 2.03. The molecule has 1 amide bonds. The molecule has 0 aliphatic rings. The number of hydrogen-bond acceptors (Lipinski definition) is 3. The van der Waals surface area contributed by atoms with Gasteiger partial charge in [0.15, 0.2) is 0 Å². The van der Waals surface area contributed by atoms with Crippen LogP contribution >= 0.6 is 0 Å². The van der Waals surface area contributed by atoms with Crippen molar-refractivity contribution in [2.24, 2.45) is 0 Å². The molecule has 0 saturated heterocycles. The number of aromatic nitrogens is 2. The van der Waals surface area contributed by atoms with Gasteiger partial charge >= 0.3 is 6.18 Å². The van der Waals surface area contributed by atoms with Gasteiger partial charge in [-0.15, -0.1) is 0 Å². The summed E-state index contributed by atoms with van der Waals surface area (Å²) in [6.07, 6.45) is -3.41. The van der Waals surface area contributed by atoms with Gasteiger partial charge in [-0.25, -0.2) is 4.68 Å². The first-order valence-electron chi connectivity index (χ1n) is 6.80. The van der Waals surface area contributed by atoms with Crippen molar-refractivity contribution in [2.75, 3.05) is 0 Å². The summed E-state index contributed by atoms with van der Waals surface area (Å²) >= 11 is 0. The molecule has 8 heteroatoms. The fourth-order valence-corrected chi connectivity index (χ4v) is 1.77. The Morgan fingerprint density at radius 3 is 2.43 bits per heavy atom. The van der Waals surface area contributed by atoms with E-state index in [1.54, 1.807) is 16.9 Å². The summed E-state index contributed by atoms with van der Waals surface area (Å²) in [5.41, 5.74) is -1.19. The quantitative estimate of drug-likeness (QED) is 0.904. The van der Waals surface area contributed by atoms with Crippen LogP contribution < -0.4 is 5.32 Å². The van der Waals surface area contributed by atoms with Gasteiger partial charge in [-0.3, -0.25) is 4.79 Å². The lowest BCUT2D eigenvalue weighted by Crippen LogP contribution is -2.54. The lowest BCUT2D eigenvalue weighted by molar-refractivity contribution is -0.245. The second-order valence-corrected chi connectivity index (χ2v) is 5.34. The van der Waals surface area contributed by atoms with Crippen molar-refractivity contribution in [3.05, 3.63) is 47.8 Å². The van der Waals surface area contributed by atoms with Crippen molar-refractivity contribution in [1.29, 1.82) is 0 Å². The third-order valence-electron chi connectivity index (χ3n) is 3.37. The summed E-state index contributed by atoms with van der Waals surface area (Å²) in [5, 5.41) is 15.4. The molecule has 0 aliphatic carbocycles. The van der Waals surface area contributed by atoms with Crippen LogP contribution in [0.5, 0.6) is 0 Å². The minimum Gasteiger partial charge on any atom is -0.373 e.